The molecule has 1 fully saturated rings. The molecule has 0 unspecified atom stereocenters. The second-order valence-corrected chi connectivity index (χ2v) is 7.84. The summed E-state index contributed by atoms with van der Waals surface area (Å²) < 4.78 is 24.9. The van der Waals surface area contributed by atoms with Gasteiger partial charge in [0.2, 0.25) is 10.0 Å². The third-order valence-electron chi connectivity index (χ3n) is 4.05. The fraction of sp³-hybridized carbons (Fsp3) is 0.471. The summed E-state index contributed by atoms with van der Waals surface area (Å²) in [6.45, 7) is 3.78. The van der Waals surface area contributed by atoms with Crippen LogP contribution in [0, 0.1) is 0 Å². The van der Waals surface area contributed by atoms with Crippen LogP contribution in [0.25, 0.3) is 0 Å². The Labute approximate surface area is 138 Å². The SMILES string of the molecule is C=CCN(c1ccc(C(=O)NC2CCCCC2)cc1)S(C)(=O)=O. The van der Waals surface area contributed by atoms with Crippen LogP contribution >= 0.6 is 0 Å². The quantitative estimate of drug-likeness (QED) is 0.812. The number of nitrogens with one attached hydrogen (secondary N) is 1. The van der Waals surface area contributed by atoms with E-state index in [0.29, 0.717) is 11.3 Å². The van der Waals surface area contributed by atoms with E-state index in [2.05, 4.69) is 11.9 Å². The van der Waals surface area contributed by atoms with Gasteiger partial charge in [-0.1, -0.05) is 25.3 Å². The van der Waals surface area contributed by atoms with Crippen molar-refractivity contribution >= 4 is 21.6 Å². The molecule has 0 bridgehead atoms. The average Bonchev–Trinajstić information content (AvgIpc) is 2.52. The topological polar surface area (TPSA) is 66.5 Å². The van der Waals surface area contributed by atoms with E-state index in [-0.39, 0.29) is 18.5 Å². The van der Waals surface area contributed by atoms with E-state index in [1.165, 1.54) is 16.8 Å². The van der Waals surface area contributed by atoms with Gasteiger partial charge in [0, 0.05) is 11.6 Å². The monoisotopic (exact) mass is 336 g/mol. The first-order chi connectivity index (χ1) is 10.9. The normalized spacial score (nSPS) is 15.9. The van der Waals surface area contributed by atoms with Crippen LogP contribution in [0.2, 0.25) is 0 Å². The first-order valence-electron chi connectivity index (χ1n) is 7.91. The van der Waals surface area contributed by atoms with Gasteiger partial charge in [0.1, 0.15) is 0 Å². The molecule has 6 heteroatoms. The Morgan fingerprint density at radius 3 is 2.39 bits per heavy atom. The van der Waals surface area contributed by atoms with E-state index in [1.807, 2.05) is 0 Å². The number of carbonyl (C=O) groups excluding carboxylic acids is 1. The van der Waals surface area contributed by atoms with Crippen LogP contribution in [0.15, 0.2) is 36.9 Å². The van der Waals surface area contributed by atoms with Crippen LogP contribution in [0.5, 0.6) is 0 Å². The predicted octanol–water partition coefficient (Wildman–Crippen LogP) is 2.70. The molecule has 23 heavy (non-hydrogen) atoms. The van der Waals surface area contributed by atoms with Gasteiger partial charge in [0.25, 0.3) is 5.91 Å². The molecule has 1 aliphatic carbocycles. The summed E-state index contributed by atoms with van der Waals surface area (Å²) in [5.74, 6) is -0.0990. The number of benzene rings is 1. The zero-order valence-corrected chi connectivity index (χ0v) is 14.3. The standard InChI is InChI=1S/C17H24N2O3S/c1-3-13-19(23(2,21)22)16-11-9-14(10-12-16)17(20)18-15-7-5-4-6-8-15/h3,9-12,15H,1,4-8,13H2,2H3,(H,18,20). The molecule has 0 aliphatic heterocycles. The molecule has 1 aromatic carbocycles. The van der Waals surface area contributed by atoms with E-state index in [4.69, 9.17) is 0 Å². The molecular formula is C17H24N2O3S. The molecule has 1 aromatic rings. The maximum absolute atomic E-state index is 12.3. The molecule has 0 spiro atoms. The van der Waals surface area contributed by atoms with Gasteiger partial charge in [-0.05, 0) is 37.1 Å². The lowest BCUT2D eigenvalue weighted by atomic mass is 9.95. The first-order valence-corrected chi connectivity index (χ1v) is 9.76. The Hall–Kier alpha value is -1.82. The van der Waals surface area contributed by atoms with Gasteiger partial charge in [-0.2, -0.15) is 0 Å². The first kappa shape index (κ1) is 17.5. The molecule has 0 aromatic heterocycles. The van der Waals surface area contributed by atoms with Crippen molar-refractivity contribution in [3.05, 3.63) is 42.5 Å². The molecule has 126 valence electrons. The lowest BCUT2D eigenvalue weighted by molar-refractivity contribution is 0.0927. The molecule has 0 radical (unpaired) electrons. The summed E-state index contributed by atoms with van der Waals surface area (Å²) in [5.41, 5.74) is 1.08. The van der Waals surface area contributed by atoms with Gasteiger partial charge in [0.05, 0.1) is 18.5 Å². The van der Waals surface area contributed by atoms with Crippen LogP contribution < -0.4 is 9.62 Å². The van der Waals surface area contributed by atoms with Crippen LogP contribution in [-0.2, 0) is 10.0 Å². The van der Waals surface area contributed by atoms with E-state index in [0.717, 1.165) is 31.9 Å². The Morgan fingerprint density at radius 2 is 1.87 bits per heavy atom. The lowest BCUT2D eigenvalue weighted by Crippen LogP contribution is -2.36. The highest BCUT2D eigenvalue weighted by atomic mass is 32.2. The number of sulfonamides is 1. The number of anilines is 1. The highest BCUT2D eigenvalue weighted by Gasteiger charge is 2.18. The Morgan fingerprint density at radius 1 is 1.26 bits per heavy atom. The third-order valence-corrected chi connectivity index (χ3v) is 5.21. The molecule has 5 nitrogen and oxygen atoms in total. The molecule has 2 rings (SSSR count). The average molecular weight is 336 g/mol. The number of amides is 1. The van der Waals surface area contributed by atoms with E-state index >= 15 is 0 Å². The highest BCUT2D eigenvalue weighted by Crippen LogP contribution is 2.20. The van der Waals surface area contributed by atoms with E-state index < -0.39 is 10.0 Å². The van der Waals surface area contributed by atoms with Crippen molar-refractivity contribution in [2.45, 2.75) is 38.1 Å². The minimum Gasteiger partial charge on any atom is -0.349 e. The van der Waals surface area contributed by atoms with Crippen LogP contribution in [0.1, 0.15) is 42.5 Å². The van der Waals surface area contributed by atoms with Crippen molar-refractivity contribution in [3.63, 3.8) is 0 Å². The third kappa shape index (κ3) is 4.82. The Bertz CT molecular complexity index is 647. The Balaban J connectivity index is 2.08. The van der Waals surface area contributed by atoms with Crippen molar-refractivity contribution < 1.29 is 13.2 Å². The zero-order chi connectivity index (χ0) is 16.9. The van der Waals surface area contributed by atoms with Crippen LogP contribution in [0.3, 0.4) is 0 Å². The van der Waals surface area contributed by atoms with Gasteiger partial charge in [0.15, 0.2) is 0 Å². The molecule has 0 atom stereocenters. The number of hydrogen-bond acceptors (Lipinski definition) is 3. The number of rotatable bonds is 6. The predicted molar refractivity (Wildman–Crippen MR) is 93.2 cm³/mol. The van der Waals surface area contributed by atoms with Gasteiger partial charge >= 0.3 is 0 Å². The fourth-order valence-corrected chi connectivity index (χ4v) is 3.73. The second kappa shape index (κ2) is 7.64. The summed E-state index contributed by atoms with van der Waals surface area (Å²) in [5, 5.41) is 3.05. The summed E-state index contributed by atoms with van der Waals surface area (Å²) >= 11 is 0. The molecule has 1 amide bonds. The van der Waals surface area contributed by atoms with Gasteiger partial charge in [-0.3, -0.25) is 9.10 Å². The molecule has 1 N–H and O–H groups in total. The number of carbonyl (C=O) groups is 1. The summed E-state index contributed by atoms with van der Waals surface area (Å²) in [4.78, 5) is 12.3. The summed E-state index contributed by atoms with van der Waals surface area (Å²) in [6.07, 6.45) is 8.32. The largest absolute Gasteiger partial charge is 0.349 e. The van der Waals surface area contributed by atoms with Crippen molar-refractivity contribution in [2.75, 3.05) is 17.1 Å². The molecule has 1 aliphatic rings. The van der Waals surface area contributed by atoms with Crippen molar-refractivity contribution in [2.24, 2.45) is 0 Å². The second-order valence-electron chi connectivity index (χ2n) is 5.94. The Kier molecular flexibility index (Phi) is 5.82. The maximum Gasteiger partial charge on any atom is 0.251 e. The van der Waals surface area contributed by atoms with Crippen molar-refractivity contribution in [1.82, 2.24) is 5.32 Å². The van der Waals surface area contributed by atoms with Gasteiger partial charge in [-0.25, -0.2) is 8.42 Å². The molecule has 0 saturated heterocycles. The minimum atomic E-state index is -3.37. The lowest BCUT2D eigenvalue weighted by Gasteiger charge is -2.23. The smallest absolute Gasteiger partial charge is 0.251 e. The van der Waals surface area contributed by atoms with Gasteiger partial charge in [-0.15, -0.1) is 6.58 Å². The molecular weight excluding hydrogens is 312 g/mol. The van der Waals surface area contributed by atoms with Crippen molar-refractivity contribution in [1.29, 1.82) is 0 Å². The number of nitrogens with zero attached hydrogens (tertiary/aromatic N) is 1. The summed E-state index contributed by atoms with van der Waals surface area (Å²) in [6, 6.07) is 6.88. The van der Waals surface area contributed by atoms with Crippen molar-refractivity contribution in [3.8, 4) is 0 Å². The van der Waals surface area contributed by atoms with Crippen LogP contribution in [0.4, 0.5) is 5.69 Å². The highest BCUT2D eigenvalue weighted by molar-refractivity contribution is 7.92. The van der Waals surface area contributed by atoms with Crippen LogP contribution in [-0.4, -0.2) is 33.2 Å². The van der Waals surface area contributed by atoms with E-state index in [1.54, 1.807) is 24.3 Å². The number of hydrogen-bond donors (Lipinski definition) is 1. The zero-order valence-electron chi connectivity index (χ0n) is 13.5. The summed E-state index contributed by atoms with van der Waals surface area (Å²) in [7, 11) is -3.37. The minimum absolute atomic E-state index is 0.0990. The molecule has 1 saturated carbocycles. The maximum atomic E-state index is 12.3. The van der Waals surface area contributed by atoms with Gasteiger partial charge < -0.3 is 5.32 Å². The fourth-order valence-electron chi connectivity index (χ4n) is 2.84. The van der Waals surface area contributed by atoms with E-state index in [9.17, 15) is 13.2 Å². The molecule has 0 heterocycles.